The third-order valence-electron chi connectivity index (χ3n) is 5.77. The van der Waals surface area contributed by atoms with Gasteiger partial charge in [0.1, 0.15) is 5.75 Å². The van der Waals surface area contributed by atoms with Crippen LogP contribution >= 0.6 is 0 Å². The summed E-state index contributed by atoms with van der Waals surface area (Å²) in [7, 11) is 1.57. The van der Waals surface area contributed by atoms with Crippen molar-refractivity contribution < 1.29 is 22.7 Å². The van der Waals surface area contributed by atoms with E-state index in [9.17, 15) is 18.0 Å². The molecule has 1 heterocycles. The Labute approximate surface area is 177 Å². The Hall–Kier alpha value is -3.47. The first-order valence-corrected chi connectivity index (χ1v) is 9.82. The zero-order valence-corrected chi connectivity index (χ0v) is 16.8. The summed E-state index contributed by atoms with van der Waals surface area (Å²) in [5, 5.41) is 9.06. The van der Waals surface area contributed by atoms with Crippen LogP contribution in [0, 0.1) is 11.3 Å². The number of alkyl halides is 3. The first kappa shape index (κ1) is 20.8. The predicted octanol–water partition coefficient (Wildman–Crippen LogP) is 5.12. The molecule has 31 heavy (non-hydrogen) atoms. The number of rotatable bonds is 4. The van der Waals surface area contributed by atoms with Crippen molar-refractivity contribution in [1.82, 2.24) is 4.90 Å². The maximum Gasteiger partial charge on any atom is 0.417 e. The van der Waals surface area contributed by atoms with Crippen LogP contribution in [0.25, 0.3) is 0 Å². The number of nitrogens with zero attached hydrogens (tertiary/aromatic N) is 3. The minimum atomic E-state index is -4.68. The summed E-state index contributed by atoms with van der Waals surface area (Å²) in [4.78, 5) is 16.5. The Morgan fingerprint density at radius 1 is 1.10 bits per heavy atom. The van der Waals surface area contributed by atoms with E-state index >= 15 is 0 Å². The maximum absolute atomic E-state index is 13.5. The first-order chi connectivity index (χ1) is 14.8. The zero-order chi connectivity index (χ0) is 22.2. The highest BCUT2D eigenvalue weighted by Gasteiger charge is 2.46. The van der Waals surface area contributed by atoms with Gasteiger partial charge < -0.3 is 9.64 Å². The summed E-state index contributed by atoms with van der Waals surface area (Å²) in [6.07, 6.45) is 0.451. The SMILES string of the molecule is COc1ccc(CN2C(=O)N(c3ccc(C#N)c(C(F)(F)F)c3)C3CC=CCC32)cc1. The molecule has 5 nitrogen and oxygen atoms in total. The van der Waals surface area contributed by atoms with Gasteiger partial charge in [-0.25, -0.2) is 4.79 Å². The third-order valence-corrected chi connectivity index (χ3v) is 5.77. The van der Waals surface area contributed by atoms with E-state index in [2.05, 4.69) is 0 Å². The molecule has 1 aliphatic heterocycles. The van der Waals surface area contributed by atoms with Gasteiger partial charge in [0.15, 0.2) is 0 Å². The second-order valence-electron chi connectivity index (χ2n) is 7.55. The lowest BCUT2D eigenvalue weighted by Gasteiger charge is -2.29. The van der Waals surface area contributed by atoms with Crippen molar-refractivity contribution >= 4 is 11.7 Å². The van der Waals surface area contributed by atoms with Gasteiger partial charge in [0.05, 0.1) is 36.4 Å². The number of hydrogen-bond donors (Lipinski definition) is 0. The standard InChI is InChI=1S/C23H20F3N3O2/c1-31-18-10-6-15(7-11-18)14-28-20-4-2-3-5-21(20)29(22(28)30)17-9-8-16(13-27)19(12-17)23(24,25)26/h2-3,6-12,20-21H,4-5,14H2,1H3. The number of benzene rings is 2. The number of methoxy groups -OCH3 is 1. The fraction of sp³-hybridized carbons (Fsp3) is 0.304. The van der Waals surface area contributed by atoms with E-state index in [-0.39, 0.29) is 23.8 Å². The van der Waals surface area contributed by atoms with Gasteiger partial charge in [-0.05, 0) is 48.7 Å². The number of anilines is 1. The van der Waals surface area contributed by atoms with Crippen LogP contribution < -0.4 is 9.64 Å². The second-order valence-corrected chi connectivity index (χ2v) is 7.55. The molecule has 0 spiro atoms. The molecule has 0 aromatic heterocycles. The minimum Gasteiger partial charge on any atom is -0.497 e. The van der Waals surface area contributed by atoms with Crippen molar-refractivity contribution in [2.45, 2.75) is 37.6 Å². The number of carbonyl (C=O) groups is 1. The van der Waals surface area contributed by atoms with E-state index < -0.39 is 17.3 Å². The van der Waals surface area contributed by atoms with Crippen LogP contribution in [-0.2, 0) is 12.7 Å². The normalized spacial score (nSPS) is 20.5. The third kappa shape index (κ3) is 3.83. The van der Waals surface area contributed by atoms with Gasteiger partial charge >= 0.3 is 12.2 Å². The van der Waals surface area contributed by atoms with Gasteiger partial charge in [-0.1, -0.05) is 24.3 Å². The molecule has 2 amide bonds. The molecule has 4 rings (SSSR count). The van der Waals surface area contributed by atoms with Crippen molar-refractivity contribution in [3.8, 4) is 11.8 Å². The molecular weight excluding hydrogens is 407 g/mol. The molecule has 0 N–H and O–H groups in total. The zero-order valence-electron chi connectivity index (χ0n) is 16.8. The number of ether oxygens (including phenoxy) is 1. The topological polar surface area (TPSA) is 56.6 Å². The number of urea groups is 1. The number of nitriles is 1. The summed E-state index contributed by atoms with van der Waals surface area (Å²) in [6.45, 7) is 0.344. The molecule has 160 valence electrons. The lowest BCUT2D eigenvalue weighted by molar-refractivity contribution is -0.137. The average molecular weight is 427 g/mol. The van der Waals surface area contributed by atoms with E-state index in [0.717, 1.165) is 17.7 Å². The Morgan fingerprint density at radius 2 is 1.77 bits per heavy atom. The molecule has 0 saturated carbocycles. The smallest absolute Gasteiger partial charge is 0.417 e. The summed E-state index contributed by atoms with van der Waals surface area (Å²) in [5.41, 5.74) is -0.436. The predicted molar refractivity (Wildman–Crippen MR) is 109 cm³/mol. The largest absolute Gasteiger partial charge is 0.497 e. The van der Waals surface area contributed by atoms with Crippen molar-refractivity contribution in [1.29, 1.82) is 5.26 Å². The van der Waals surface area contributed by atoms with Crippen LogP contribution in [0.15, 0.2) is 54.6 Å². The van der Waals surface area contributed by atoms with Crippen LogP contribution in [-0.4, -0.2) is 30.1 Å². The van der Waals surface area contributed by atoms with Gasteiger partial charge in [0.2, 0.25) is 0 Å². The number of halogens is 3. The lowest BCUT2D eigenvalue weighted by atomic mass is 9.95. The van der Waals surface area contributed by atoms with Gasteiger partial charge in [-0.15, -0.1) is 0 Å². The molecule has 2 aliphatic rings. The van der Waals surface area contributed by atoms with Crippen LogP contribution in [0.2, 0.25) is 0 Å². The van der Waals surface area contributed by atoms with E-state index in [0.29, 0.717) is 25.1 Å². The van der Waals surface area contributed by atoms with Gasteiger partial charge in [0.25, 0.3) is 0 Å². The van der Waals surface area contributed by atoms with Crippen molar-refractivity contribution in [3.63, 3.8) is 0 Å². The summed E-state index contributed by atoms with van der Waals surface area (Å²) < 4.78 is 45.6. The Bertz CT molecular complexity index is 1060. The number of carbonyl (C=O) groups excluding carboxylic acids is 1. The van der Waals surface area contributed by atoms with E-state index in [1.54, 1.807) is 18.1 Å². The van der Waals surface area contributed by atoms with Crippen LogP contribution in [0.1, 0.15) is 29.5 Å². The summed E-state index contributed by atoms with van der Waals surface area (Å²) in [5.74, 6) is 0.703. The maximum atomic E-state index is 13.5. The van der Waals surface area contributed by atoms with Crippen molar-refractivity contribution in [3.05, 3.63) is 71.3 Å². The van der Waals surface area contributed by atoms with Crippen molar-refractivity contribution in [2.75, 3.05) is 12.0 Å². The summed E-state index contributed by atoms with van der Waals surface area (Å²) in [6, 6.07) is 11.6. The molecule has 2 aromatic rings. The molecule has 2 unspecified atom stereocenters. The van der Waals surface area contributed by atoms with Crippen LogP contribution in [0.3, 0.4) is 0 Å². The highest BCUT2D eigenvalue weighted by atomic mass is 19.4. The molecular formula is C23H20F3N3O2. The highest BCUT2D eigenvalue weighted by Crippen LogP contribution is 2.39. The average Bonchev–Trinajstić information content (AvgIpc) is 3.04. The van der Waals surface area contributed by atoms with Crippen LogP contribution in [0.4, 0.5) is 23.7 Å². The fourth-order valence-corrected chi connectivity index (χ4v) is 4.25. The van der Waals surface area contributed by atoms with E-state index in [4.69, 9.17) is 10.00 Å². The van der Waals surface area contributed by atoms with Crippen LogP contribution in [0.5, 0.6) is 5.75 Å². The van der Waals surface area contributed by atoms with E-state index in [1.165, 1.54) is 11.0 Å². The number of fused-ring (bicyclic) bond motifs is 1. The Kier molecular flexibility index (Phi) is 5.36. The highest BCUT2D eigenvalue weighted by molar-refractivity contribution is 5.96. The molecule has 0 radical (unpaired) electrons. The lowest BCUT2D eigenvalue weighted by Crippen LogP contribution is -2.38. The van der Waals surface area contributed by atoms with Crippen molar-refractivity contribution in [2.24, 2.45) is 0 Å². The second kappa shape index (κ2) is 7.99. The molecule has 8 heteroatoms. The molecule has 1 saturated heterocycles. The fourth-order valence-electron chi connectivity index (χ4n) is 4.25. The molecule has 0 bridgehead atoms. The molecule has 2 aromatic carbocycles. The number of hydrogen-bond acceptors (Lipinski definition) is 3. The monoisotopic (exact) mass is 427 g/mol. The quantitative estimate of drug-likeness (QED) is 0.637. The van der Waals surface area contributed by atoms with Gasteiger partial charge in [0, 0.05) is 12.2 Å². The molecule has 2 atom stereocenters. The minimum absolute atomic E-state index is 0.149. The number of amides is 2. The van der Waals surface area contributed by atoms with Gasteiger partial charge in [-0.2, -0.15) is 18.4 Å². The van der Waals surface area contributed by atoms with Gasteiger partial charge in [-0.3, -0.25) is 4.90 Å². The first-order valence-electron chi connectivity index (χ1n) is 9.82. The molecule has 1 aliphatic carbocycles. The Morgan fingerprint density at radius 3 is 2.39 bits per heavy atom. The molecule has 1 fully saturated rings. The Balaban J connectivity index is 1.69. The van der Waals surface area contributed by atoms with E-state index in [1.807, 2.05) is 36.4 Å². The summed E-state index contributed by atoms with van der Waals surface area (Å²) >= 11 is 0.